The van der Waals surface area contributed by atoms with E-state index in [1.807, 2.05) is 24.3 Å². The van der Waals surface area contributed by atoms with Crippen LogP contribution in [0.2, 0.25) is 0 Å². The van der Waals surface area contributed by atoms with Gasteiger partial charge in [0.25, 0.3) is 0 Å². The minimum Gasteiger partial charge on any atom is -0.497 e. The number of aromatic amines is 1. The van der Waals surface area contributed by atoms with E-state index in [1.54, 1.807) is 18.9 Å². The summed E-state index contributed by atoms with van der Waals surface area (Å²) in [4.78, 5) is 11.2. The lowest BCUT2D eigenvalue weighted by molar-refractivity contribution is -0.119. The first-order chi connectivity index (χ1) is 10.2. The van der Waals surface area contributed by atoms with Gasteiger partial charge in [0, 0.05) is 18.4 Å². The molecule has 0 saturated heterocycles. The molecule has 1 heterocycles. The molecule has 1 aromatic heterocycles. The first-order valence-electron chi connectivity index (χ1n) is 6.40. The molecule has 8 heteroatoms. The summed E-state index contributed by atoms with van der Waals surface area (Å²) >= 11 is 1.70. The molecule has 0 aliphatic carbocycles. The molecule has 1 atom stereocenters. The minimum atomic E-state index is -0.222. The second-order valence-corrected chi connectivity index (χ2v) is 5.43. The molecule has 0 spiro atoms. The zero-order valence-electron chi connectivity index (χ0n) is 11.9. The van der Waals surface area contributed by atoms with Gasteiger partial charge in [-0.25, -0.2) is 5.10 Å². The maximum Gasteiger partial charge on any atom is 0.217 e. The summed E-state index contributed by atoms with van der Waals surface area (Å²) in [6, 6.07) is 7.69. The van der Waals surface area contributed by atoms with E-state index in [4.69, 9.17) is 4.74 Å². The van der Waals surface area contributed by atoms with Crippen LogP contribution in [0.25, 0.3) is 0 Å². The van der Waals surface area contributed by atoms with Crippen molar-refractivity contribution in [3.63, 3.8) is 0 Å². The topological polar surface area (TPSA) is 92.8 Å². The van der Waals surface area contributed by atoms with Crippen LogP contribution >= 0.6 is 11.8 Å². The van der Waals surface area contributed by atoms with Gasteiger partial charge in [-0.2, -0.15) is 11.8 Å². The van der Waals surface area contributed by atoms with Crippen molar-refractivity contribution in [3.05, 3.63) is 35.7 Å². The van der Waals surface area contributed by atoms with Gasteiger partial charge in [-0.15, -0.1) is 5.10 Å². The summed E-state index contributed by atoms with van der Waals surface area (Å²) < 4.78 is 5.12. The van der Waals surface area contributed by atoms with E-state index in [2.05, 4.69) is 25.9 Å². The Balaban J connectivity index is 1.87. The number of hydrogen-bond donors (Lipinski definition) is 2. The Hall–Kier alpha value is -2.09. The molecule has 21 heavy (non-hydrogen) atoms. The molecular formula is C13H17N5O2S. The van der Waals surface area contributed by atoms with Crippen molar-refractivity contribution in [1.82, 2.24) is 25.9 Å². The van der Waals surface area contributed by atoms with E-state index in [1.165, 1.54) is 12.5 Å². The third kappa shape index (κ3) is 4.75. The average Bonchev–Trinajstić information content (AvgIpc) is 3.00. The van der Waals surface area contributed by atoms with Crippen molar-refractivity contribution in [2.45, 2.75) is 18.7 Å². The summed E-state index contributed by atoms with van der Waals surface area (Å²) in [5.74, 6) is 2.81. The molecular weight excluding hydrogens is 290 g/mol. The van der Waals surface area contributed by atoms with Crippen molar-refractivity contribution in [3.8, 4) is 5.75 Å². The van der Waals surface area contributed by atoms with Crippen LogP contribution in [0.4, 0.5) is 0 Å². The maximum absolute atomic E-state index is 11.2. The van der Waals surface area contributed by atoms with E-state index in [0.29, 0.717) is 11.6 Å². The SMILES string of the molecule is COc1ccc(CSC[C@H](NC(C)=O)c2nnn[nH]2)cc1. The van der Waals surface area contributed by atoms with Crippen molar-refractivity contribution in [2.24, 2.45) is 0 Å². The smallest absolute Gasteiger partial charge is 0.217 e. The van der Waals surface area contributed by atoms with E-state index < -0.39 is 0 Å². The van der Waals surface area contributed by atoms with Crippen LogP contribution in [-0.2, 0) is 10.5 Å². The van der Waals surface area contributed by atoms with Gasteiger partial charge in [0.05, 0.1) is 13.2 Å². The van der Waals surface area contributed by atoms with Crippen molar-refractivity contribution in [1.29, 1.82) is 0 Å². The van der Waals surface area contributed by atoms with Crippen LogP contribution < -0.4 is 10.1 Å². The number of rotatable bonds is 7. The van der Waals surface area contributed by atoms with Crippen LogP contribution in [0, 0.1) is 0 Å². The number of carbonyl (C=O) groups excluding carboxylic acids is 1. The lowest BCUT2D eigenvalue weighted by atomic mass is 10.2. The highest BCUT2D eigenvalue weighted by Crippen LogP contribution is 2.20. The third-order valence-electron chi connectivity index (χ3n) is 2.78. The Bertz CT molecular complexity index is 558. The first-order valence-corrected chi connectivity index (χ1v) is 7.56. The summed E-state index contributed by atoms with van der Waals surface area (Å²) in [7, 11) is 1.65. The fourth-order valence-corrected chi connectivity index (χ4v) is 2.79. The van der Waals surface area contributed by atoms with Gasteiger partial charge in [-0.05, 0) is 28.1 Å². The highest BCUT2D eigenvalue weighted by Gasteiger charge is 2.16. The van der Waals surface area contributed by atoms with Gasteiger partial charge in [0.15, 0.2) is 5.82 Å². The Morgan fingerprint density at radius 3 is 2.76 bits per heavy atom. The zero-order valence-corrected chi connectivity index (χ0v) is 12.7. The number of tetrazole rings is 1. The van der Waals surface area contributed by atoms with Gasteiger partial charge >= 0.3 is 0 Å². The molecule has 1 amide bonds. The lowest BCUT2D eigenvalue weighted by Gasteiger charge is -2.14. The maximum atomic E-state index is 11.2. The fraction of sp³-hybridized carbons (Fsp3) is 0.385. The second kappa shape index (κ2) is 7.63. The largest absolute Gasteiger partial charge is 0.497 e. The molecule has 1 aromatic carbocycles. The van der Waals surface area contributed by atoms with Gasteiger partial charge in [0.2, 0.25) is 5.91 Å². The standard InChI is InChI=1S/C13H17N5O2S/c1-9(19)14-12(13-15-17-18-16-13)8-21-7-10-3-5-11(20-2)6-4-10/h3-6,12H,7-8H2,1-2H3,(H,14,19)(H,15,16,17,18)/t12-/m0/s1. The van der Waals surface area contributed by atoms with Crippen LogP contribution in [-0.4, -0.2) is 39.4 Å². The summed E-state index contributed by atoms with van der Waals surface area (Å²) in [6.45, 7) is 1.48. The minimum absolute atomic E-state index is 0.110. The Morgan fingerprint density at radius 2 is 2.19 bits per heavy atom. The lowest BCUT2D eigenvalue weighted by Crippen LogP contribution is -2.28. The number of carbonyl (C=O) groups is 1. The van der Waals surface area contributed by atoms with Crippen molar-refractivity contribution in [2.75, 3.05) is 12.9 Å². The molecule has 0 unspecified atom stereocenters. The van der Waals surface area contributed by atoms with E-state index in [9.17, 15) is 4.79 Å². The number of hydrogen-bond acceptors (Lipinski definition) is 6. The Morgan fingerprint density at radius 1 is 1.43 bits per heavy atom. The summed E-state index contributed by atoms with van der Waals surface area (Å²) in [5, 5.41) is 16.5. The number of amides is 1. The molecule has 2 rings (SSSR count). The van der Waals surface area contributed by atoms with Crippen LogP contribution in [0.15, 0.2) is 24.3 Å². The molecule has 112 valence electrons. The molecule has 2 aromatic rings. The Kier molecular flexibility index (Phi) is 5.56. The van der Waals surface area contributed by atoms with Gasteiger partial charge < -0.3 is 10.1 Å². The average molecular weight is 307 g/mol. The number of nitrogens with one attached hydrogen (secondary N) is 2. The highest BCUT2D eigenvalue weighted by atomic mass is 32.2. The number of nitrogens with zero attached hydrogens (tertiary/aromatic N) is 3. The molecule has 0 fully saturated rings. The van der Waals surface area contributed by atoms with Crippen LogP contribution in [0.1, 0.15) is 24.4 Å². The van der Waals surface area contributed by atoms with E-state index in [-0.39, 0.29) is 11.9 Å². The fourth-order valence-electron chi connectivity index (χ4n) is 1.76. The first kappa shape index (κ1) is 15.3. The van der Waals surface area contributed by atoms with Crippen molar-refractivity contribution >= 4 is 17.7 Å². The highest BCUT2D eigenvalue weighted by molar-refractivity contribution is 7.98. The molecule has 0 aliphatic rings. The zero-order chi connectivity index (χ0) is 15.1. The third-order valence-corrected chi connectivity index (χ3v) is 3.89. The van der Waals surface area contributed by atoms with Crippen LogP contribution in [0.5, 0.6) is 5.75 Å². The quantitative estimate of drug-likeness (QED) is 0.801. The van der Waals surface area contributed by atoms with E-state index in [0.717, 1.165) is 11.5 Å². The normalized spacial score (nSPS) is 11.9. The molecule has 0 saturated carbocycles. The van der Waals surface area contributed by atoms with Crippen molar-refractivity contribution < 1.29 is 9.53 Å². The molecule has 0 bridgehead atoms. The summed E-state index contributed by atoms with van der Waals surface area (Å²) in [6.07, 6.45) is 0. The Labute approximate surface area is 126 Å². The number of methoxy groups -OCH3 is 1. The van der Waals surface area contributed by atoms with Gasteiger partial charge in [0.1, 0.15) is 5.75 Å². The second-order valence-electron chi connectivity index (χ2n) is 4.40. The predicted molar refractivity (Wildman–Crippen MR) is 79.9 cm³/mol. The number of H-pyrrole nitrogens is 1. The number of thioether (sulfide) groups is 1. The molecule has 0 aliphatic heterocycles. The van der Waals surface area contributed by atoms with Crippen LogP contribution in [0.3, 0.4) is 0 Å². The predicted octanol–water partition coefficient (Wildman–Crippen LogP) is 1.32. The monoisotopic (exact) mass is 307 g/mol. The van der Waals surface area contributed by atoms with E-state index >= 15 is 0 Å². The number of benzene rings is 1. The summed E-state index contributed by atoms with van der Waals surface area (Å²) in [5.41, 5.74) is 1.19. The molecule has 2 N–H and O–H groups in total. The van der Waals surface area contributed by atoms with Gasteiger partial charge in [-0.1, -0.05) is 12.1 Å². The number of aromatic nitrogens is 4. The molecule has 0 radical (unpaired) electrons. The van der Waals surface area contributed by atoms with Gasteiger partial charge in [-0.3, -0.25) is 4.79 Å². The molecule has 7 nitrogen and oxygen atoms in total. The number of ether oxygens (including phenoxy) is 1.